The van der Waals surface area contributed by atoms with Crippen molar-refractivity contribution in [2.75, 3.05) is 45.3 Å². The lowest BCUT2D eigenvalue weighted by Gasteiger charge is -2.11. The Balaban J connectivity index is 1.73. The summed E-state index contributed by atoms with van der Waals surface area (Å²) >= 11 is 0. The van der Waals surface area contributed by atoms with Crippen LogP contribution in [0, 0.1) is 0 Å². The van der Waals surface area contributed by atoms with Crippen molar-refractivity contribution < 1.29 is 14.3 Å². The van der Waals surface area contributed by atoms with Gasteiger partial charge in [0.2, 0.25) is 5.91 Å². The molecule has 2 N–H and O–H groups in total. The molecule has 0 bridgehead atoms. The minimum atomic E-state index is -0.102. The zero-order valence-electron chi connectivity index (χ0n) is 11.1. The molecule has 0 aliphatic carbocycles. The Morgan fingerprint density at radius 3 is 3.05 bits per heavy atom. The van der Waals surface area contributed by atoms with Crippen LogP contribution in [0.15, 0.2) is 24.3 Å². The Labute approximate surface area is 113 Å². The lowest BCUT2D eigenvalue weighted by molar-refractivity contribution is -0.122. The molecule has 1 aromatic rings. The second-order valence-corrected chi connectivity index (χ2v) is 4.42. The molecule has 104 valence electrons. The van der Waals surface area contributed by atoms with E-state index >= 15 is 0 Å². The normalized spacial score (nSPS) is 16.8. The maximum absolute atomic E-state index is 12.1. The average molecular weight is 264 g/mol. The molecule has 5 nitrogen and oxygen atoms in total. The van der Waals surface area contributed by atoms with Gasteiger partial charge in [-0.1, -0.05) is 18.2 Å². The Bertz CT molecular complexity index is 423. The van der Waals surface area contributed by atoms with Crippen LogP contribution >= 0.6 is 0 Å². The number of hydrogen-bond acceptors (Lipinski definition) is 4. The highest BCUT2D eigenvalue weighted by atomic mass is 16.5. The van der Waals surface area contributed by atoms with E-state index in [1.54, 1.807) is 7.11 Å². The van der Waals surface area contributed by atoms with Crippen molar-refractivity contribution in [3.63, 3.8) is 0 Å². The largest absolute Gasteiger partial charge is 0.384 e. The zero-order chi connectivity index (χ0) is 13.5. The monoisotopic (exact) mass is 264 g/mol. The van der Waals surface area contributed by atoms with Crippen LogP contribution in [0.2, 0.25) is 0 Å². The molecule has 1 aromatic carbocycles. The van der Waals surface area contributed by atoms with Crippen LogP contribution in [-0.4, -0.2) is 45.9 Å². The van der Waals surface area contributed by atoms with Gasteiger partial charge < -0.3 is 20.1 Å². The maximum Gasteiger partial charge on any atom is 0.229 e. The molecule has 5 heteroatoms. The van der Waals surface area contributed by atoms with Gasteiger partial charge in [0.15, 0.2) is 0 Å². The number of ether oxygens (including phenoxy) is 2. The van der Waals surface area contributed by atoms with E-state index in [-0.39, 0.29) is 11.8 Å². The van der Waals surface area contributed by atoms with Gasteiger partial charge in [-0.3, -0.25) is 4.79 Å². The third-order valence-corrected chi connectivity index (χ3v) is 3.13. The van der Waals surface area contributed by atoms with Crippen LogP contribution in [0.4, 0.5) is 5.69 Å². The first-order valence-electron chi connectivity index (χ1n) is 6.50. The number of methoxy groups -OCH3 is 1. The summed E-state index contributed by atoms with van der Waals surface area (Å²) in [6.07, 6.45) is 0. The molecule has 1 unspecified atom stereocenters. The van der Waals surface area contributed by atoms with E-state index in [2.05, 4.69) is 10.6 Å². The molecule has 2 rings (SSSR count). The van der Waals surface area contributed by atoms with Crippen LogP contribution in [-0.2, 0) is 14.3 Å². The number of fused-ring (bicyclic) bond motifs is 1. The quantitative estimate of drug-likeness (QED) is 0.721. The number of carbonyl (C=O) groups is 1. The van der Waals surface area contributed by atoms with E-state index in [0.29, 0.717) is 32.9 Å². The second kappa shape index (κ2) is 7.11. The minimum absolute atomic E-state index is 0.0489. The van der Waals surface area contributed by atoms with Crippen molar-refractivity contribution in [2.45, 2.75) is 5.92 Å². The smallest absolute Gasteiger partial charge is 0.229 e. The van der Waals surface area contributed by atoms with Crippen LogP contribution in [0.25, 0.3) is 0 Å². The Kier molecular flexibility index (Phi) is 5.18. The second-order valence-electron chi connectivity index (χ2n) is 4.42. The van der Waals surface area contributed by atoms with Crippen LogP contribution in [0.5, 0.6) is 0 Å². The van der Waals surface area contributed by atoms with Crippen molar-refractivity contribution in [3.05, 3.63) is 29.8 Å². The molecule has 1 amide bonds. The number of nitrogens with one attached hydrogen (secondary N) is 2. The van der Waals surface area contributed by atoms with Gasteiger partial charge in [-0.2, -0.15) is 0 Å². The number of anilines is 1. The lowest BCUT2D eigenvalue weighted by atomic mass is 10.0. The molecule has 0 aromatic heterocycles. The fourth-order valence-electron chi connectivity index (χ4n) is 2.13. The molecule has 0 radical (unpaired) electrons. The molecule has 1 heterocycles. The standard InChI is InChI=1S/C14H20N2O3/c1-18-8-9-19-7-6-15-14(17)12-10-16-13-5-3-2-4-11(12)13/h2-5,12,16H,6-10H2,1H3,(H,15,17). The van der Waals surface area contributed by atoms with Gasteiger partial charge in [0.1, 0.15) is 0 Å². The van der Waals surface area contributed by atoms with Crippen molar-refractivity contribution >= 4 is 11.6 Å². The molecule has 1 aliphatic rings. The van der Waals surface area contributed by atoms with Crippen LogP contribution < -0.4 is 10.6 Å². The Hall–Kier alpha value is -1.59. The topological polar surface area (TPSA) is 59.6 Å². The molecular weight excluding hydrogens is 244 g/mol. The molecule has 0 saturated carbocycles. The third-order valence-electron chi connectivity index (χ3n) is 3.13. The van der Waals surface area contributed by atoms with Gasteiger partial charge in [0, 0.05) is 25.9 Å². The van der Waals surface area contributed by atoms with E-state index in [0.717, 1.165) is 11.3 Å². The Morgan fingerprint density at radius 1 is 1.37 bits per heavy atom. The summed E-state index contributed by atoms with van der Waals surface area (Å²) < 4.78 is 10.2. The van der Waals surface area contributed by atoms with Crippen molar-refractivity contribution in [3.8, 4) is 0 Å². The fourth-order valence-corrected chi connectivity index (χ4v) is 2.13. The van der Waals surface area contributed by atoms with Gasteiger partial charge in [0.25, 0.3) is 0 Å². The summed E-state index contributed by atoms with van der Waals surface area (Å²) in [7, 11) is 1.63. The third kappa shape index (κ3) is 3.68. The summed E-state index contributed by atoms with van der Waals surface area (Å²) in [5.41, 5.74) is 2.12. The summed E-state index contributed by atoms with van der Waals surface area (Å²) in [6.45, 7) is 2.84. The molecule has 0 saturated heterocycles. The van der Waals surface area contributed by atoms with Gasteiger partial charge >= 0.3 is 0 Å². The van der Waals surface area contributed by atoms with Crippen molar-refractivity contribution in [1.29, 1.82) is 0 Å². The predicted octanol–water partition coefficient (Wildman–Crippen LogP) is 0.975. The van der Waals surface area contributed by atoms with E-state index in [1.807, 2.05) is 24.3 Å². The molecule has 0 spiro atoms. The first-order chi connectivity index (χ1) is 9.33. The average Bonchev–Trinajstić information content (AvgIpc) is 2.86. The van der Waals surface area contributed by atoms with Gasteiger partial charge in [-0.15, -0.1) is 0 Å². The first-order valence-corrected chi connectivity index (χ1v) is 6.50. The SMILES string of the molecule is COCCOCCNC(=O)C1CNc2ccccc21. The highest BCUT2D eigenvalue weighted by Crippen LogP contribution is 2.30. The number of para-hydroxylation sites is 1. The lowest BCUT2D eigenvalue weighted by Crippen LogP contribution is -2.33. The first kappa shape index (κ1) is 13.8. The molecule has 19 heavy (non-hydrogen) atoms. The van der Waals surface area contributed by atoms with Gasteiger partial charge in [0.05, 0.1) is 25.7 Å². The molecule has 1 aliphatic heterocycles. The highest BCUT2D eigenvalue weighted by molar-refractivity contribution is 5.88. The summed E-state index contributed by atoms with van der Waals surface area (Å²) in [5.74, 6) is -0.0528. The number of hydrogen-bond donors (Lipinski definition) is 2. The number of amides is 1. The summed E-state index contributed by atoms with van der Waals surface area (Å²) in [4.78, 5) is 12.1. The van der Waals surface area contributed by atoms with E-state index < -0.39 is 0 Å². The molecule has 1 atom stereocenters. The van der Waals surface area contributed by atoms with E-state index in [4.69, 9.17) is 9.47 Å². The zero-order valence-corrected chi connectivity index (χ0v) is 11.1. The van der Waals surface area contributed by atoms with Crippen molar-refractivity contribution in [1.82, 2.24) is 5.32 Å². The minimum Gasteiger partial charge on any atom is -0.384 e. The predicted molar refractivity (Wildman–Crippen MR) is 73.4 cm³/mol. The van der Waals surface area contributed by atoms with E-state index in [9.17, 15) is 4.79 Å². The van der Waals surface area contributed by atoms with E-state index in [1.165, 1.54) is 0 Å². The molecule has 0 fully saturated rings. The number of carbonyl (C=O) groups excluding carboxylic acids is 1. The summed E-state index contributed by atoms with van der Waals surface area (Å²) in [6, 6.07) is 7.92. The highest BCUT2D eigenvalue weighted by Gasteiger charge is 2.27. The van der Waals surface area contributed by atoms with Crippen molar-refractivity contribution in [2.24, 2.45) is 0 Å². The van der Waals surface area contributed by atoms with Gasteiger partial charge in [-0.05, 0) is 11.6 Å². The van der Waals surface area contributed by atoms with Crippen LogP contribution in [0.3, 0.4) is 0 Å². The van der Waals surface area contributed by atoms with Gasteiger partial charge in [-0.25, -0.2) is 0 Å². The Morgan fingerprint density at radius 2 is 2.21 bits per heavy atom. The number of rotatable bonds is 7. The molecular formula is C14H20N2O3. The maximum atomic E-state index is 12.1. The summed E-state index contributed by atoms with van der Waals surface area (Å²) in [5, 5.41) is 6.14. The fraction of sp³-hybridized carbons (Fsp3) is 0.500. The van der Waals surface area contributed by atoms with Crippen LogP contribution in [0.1, 0.15) is 11.5 Å². The number of benzene rings is 1.